The Kier molecular flexibility index (Phi) is 5.54. The quantitative estimate of drug-likeness (QED) is 0.512. The summed E-state index contributed by atoms with van der Waals surface area (Å²) in [6.45, 7) is 4.14. The molecule has 23 heavy (non-hydrogen) atoms. The summed E-state index contributed by atoms with van der Waals surface area (Å²) in [6, 6.07) is 7.39. The van der Waals surface area contributed by atoms with Crippen molar-refractivity contribution < 1.29 is 4.79 Å². The van der Waals surface area contributed by atoms with Crippen molar-refractivity contribution in [2.24, 2.45) is 11.7 Å². The molecule has 1 aromatic heterocycles. The second-order valence-electron chi connectivity index (χ2n) is 5.33. The average Bonchev–Trinajstić information content (AvgIpc) is 2.96. The number of aryl methyl sites for hydroxylation is 2. The zero-order chi connectivity index (χ0) is 17.0. The maximum absolute atomic E-state index is 12.1. The van der Waals surface area contributed by atoms with Crippen LogP contribution >= 0.6 is 11.3 Å². The van der Waals surface area contributed by atoms with Crippen molar-refractivity contribution >= 4 is 35.2 Å². The van der Waals surface area contributed by atoms with Crippen LogP contribution in [-0.2, 0) is 6.42 Å². The van der Waals surface area contributed by atoms with Crippen LogP contribution in [0.5, 0.6) is 0 Å². The first-order chi connectivity index (χ1) is 10.9. The first kappa shape index (κ1) is 17.2. The number of nitrogens with two attached hydrogens (primary N) is 2. The van der Waals surface area contributed by atoms with Gasteiger partial charge in [0.15, 0.2) is 0 Å². The number of anilines is 1. The van der Waals surface area contributed by atoms with Crippen LogP contribution in [0.2, 0.25) is 0 Å². The number of benzene rings is 1. The zero-order valence-corrected chi connectivity index (χ0v) is 14.4. The summed E-state index contributed by atoms with van der Waals surface area (Å²) < 4.78 is 0. The van der Waals surface area contributed by atoms with Crippen molar-refractivity contribution in [2.45, 2.75) is 20.3 Å². The molecule has 1 heterocycles. The Bertz CT molecular complexity index is 721. The molecule has 0 bridgehead atoms. The van der Waals surface area contributed by atoms with Crippen LogP contribution in [-0.4, -0.2) is 18.1 Å². The largest absolute Gasteiger partial charge is 0.352 e. The summed E-state index contributed by atoms with van der Waals surface area (Å²) >= 11 is 1.68. The second kappa shape index (κ2) is 7.41. The summed E-state index contributed by atoms with van der Waals surface area (Å²) in [5.41, 5.74) is 3.92. The van der Waals surface area contributed by atoms with Crippen LogP contribution in [0.4, 0.5) is 10.5 Å². The van der Waals surface area contributed by atoms with Crippen LogP contribution in [0.15, 0.2) is 29.6 Å². The van der Waals surface area contributed by atoms with Crippen LogP contribution in [0, 0.1) is 6.92 Å². The van der Waals surface area contributed by atoms with Gasteiger partial charge in [-0.15, -0.1) is 11.3 Å². The van der Waals surface area contributed by atoms with Gasteiger partial charge in [-0.25, -0.2) is 21.5 Å². The fraction of sp³-hybridized carbons (Fsp3) is 0.235. The zero-order valence-electron chi connectivity index (χ0n) is 13.6. The van der Waals surface area contributed by atoms with Crippen molar-refractivity contribution in [3.05, 3.63) is 51.2 Å². The lowest BCUT2D eigenvalue weighted by Gasteiger charge is -2.23. The van der Waals surface area contributed by atoms with E-state index in [1.807, 2.05) is 30.4 Å². The van der Waals surface area contributed by atoms with Gasteiger partial charge in [0.05, 0.1) is 5.69 Å². The number of carbonyl (C=O) groups is 1. The van der Waals surface area contributed by atoms with E-state index in [-0.39, 0.29) is 0 Å². The van der Waals surface area contributed by atoms with E-state index in [9.17, 15) is 4.79 Å². The van der Waals surface area contributed by atoms with Gasteiger partial charge in [0.2, 0.25) is 0 Å². The van der Waals surface area contributed by atoms with Gasteiger partial charge in [-0.05, 0) is 48.1 Å². The minimum Gasteiger partial charge on any atom is -0.264 e. The molecule has 1 aromatic carbocycles. The molecule has 0 aliphatic rings. The SMILES string of the molecule is CCc1cccc(N(N)C(=O)N(C)N)c1/C=C/c1cc(C)cs1. The molecule has 2 aromatic rings. The van der Waals surface area contributed by atoms with E-state index in [0.29, 0.717) is 5.69 Å². The number of hydrogen-bond donors (Lipinski definition) is 2. The number of rotatable bonds is 4. The Balaban J connectivity index is 2.43. The lowest BCUT2D eigenvalue weighted by molar-refractivity contribution is 0.216. The molecular formula is C17H22N4OS. The van der Waals surface area contributed by atoms with Gasteiger partial charge in [-0.3, -0.25) is 5.01 Å². The van der Waals surface area contributed by atoms with E-state index in [0.717, 1.165) is 32.4 Å². The maximum atomic E-state index is 12.1. The van der Waals surface area contributed by atoms with Crippen LogP contribution < -0.4 is 16.7 Å². The van der Waals surface area contributed by atoms with Gasteiger partial charge >= 0.3 is 6.03 Å². The molecule has 0 aliphatic carbocycles. The highest BCUT2D eigenvalue weighted by Gasteiger charge is 2.17. The molecule has 0 spiro atoms. The van der Waals surface area contributed by atoms with Crippen molar-refractivity contribution in [3.63, 3.8) is 0 Å². The molecule has 0 radical (unpaired) electrons. The molecule has 5 nitrogen and oxygen atoms in total. The topological polar surface area (TPSA) is 75.6 Å². The van der Waals surface area contributed by atoms with E-state index in [1.54, 1.807) is 11.3 Å². The highest BCUT2D eigenvalue weighted by atomic mass is 32.1. The van der Waals surface area contributed by atoms with Gasteiger partial charge in [-0.2, -0.15) is 0 Å². The van der Waals surface area contributed by atoms with E-state index < -0.39 is 6.03 Å². The standard InChI is InChI=1S/C17H22N4OS/c1-4-13-6-5-7-16(21(19)17(22)20(3)18)15(13)9-8-14-10-12(2)11-23-14/h5-11H,4,18-19H2,1-3H3/b9-8+. The molecule has 122 valence electrons. The van der Waals surface area contributed by atoms with Gasteiger partial charge in [0, 0.05) is 17.5 Å². The minimum absolute atomic E-state index is 0.472. The number of hydrazine groups is 2. The maximum Gasteiger partial charge on any atom is 0.352 e. The summed E-state index contributed by atoms with van der Waals surface area (Å²) in [7, 11) is 1.47. The van der Waals surface area contributed by atoms with Crippen LogP contribution in [0.1, 0.15) is 28.5 Å². The van der Waals surface area contributed by atoms with Gasteiger partial charge in [0.25, 0.3) is 0 Å². The third-order valence-electron chi connectivity index (χ3n) is 3.49. The lowest BCUT2D eigenvalue weighted by atomic mass is 10.0. The van der Waals surface area contributed by atoms with Crippen molar-refractivity contribution in [1.29, 1.82) is 0 Å². The molecule has 0 unspecified atom stereocenters. The molecule has 0 fully saturated rings. The van der Waals surface area contributed by atoms with Crippen molar-refractivity contribution in [1.82, 2.24) is 5.01 Å². The van der Waals surface area contributed by atoms with Crippen molar-refractivity contribution in [2.75, 3.05) is 12.1 Å². The van der Waals surface area contributed by atoms with E-state index in [2.05, 4.69) is 25.3 Å². The molecular weight excluding hydrogens is 308 g/mol. The smallest absolute Gasteiger partial charge is 0.264 e. The first-order valence-electron chi connectivity index (χ1n) is 7.36. The number of urea groups is 1. The van der Waals surface area contributed by atoms with Gasteiger partial charge in [-0.1, -0.05) is 25.1 Å². The van der Waals surface area contributed by atoms with Gasteiger partial charge in [0.1, 0.15) is 0 Å². The normalized spacial score (nSPS) is 11.0. The monoisotopic (exact) mass is 330 g/mol. The Morgan fingerprint density at radius 2 is 2.04 bits per heavy atom. The summed E-state index contributed by atoms with van der Waals surface area (Å²) in [6.07, 6.45) is 4.89. The summed E-state index contributed by atoms with van der Waals surface area (Å²) in [5, 5.41) is 4.15. The minimum atomic E-state index is -0.472. The Hall–Kier alpha value is -2.15. The molecule has 6 heteroatoms. The molecule has 0 saturated carbocycles. The predicted octanol–water partition coefficient (Wildman–Crippen LogP) is 3.39. The number of thiophene rings is 1. The summed E-state index contributed by atoms with van der Waals surface area (Å²) in [4.78, 5) is 13.2. The van der Waals surface area contributed by atoms with Crippen LogP contribution in [0.25, 0.3) is 12.2 Å². The third-order valence-corrected chi connectivity index (χ3v) is 4.50. The number of carbonyl (C=O) groups excluding carboxylic acids is 1. The molecule has 0 saturated heterocycles. The fourth-order valence-corrected chi connectivity index (χ4v) is 3.08. The highest BCUT2D eigenvalue weighted by molar-refractivity contribution is 7.11. The number of amides is 2. The summed E-state index contributed by atoms with van der Waals surface area (Å²) in [5.74, 6) is 11.5. The van der Waals surface area contributed by atoms with Crippen LogP contribution in [0.3, 0.4) is 0 Å². The molecule has 0 aliphatic heterocycles. The Morgan fingerprint density at radius 3 is 2.61 bits per heavy atom. The van der Waals surface area contributed by atoms with Crippen molar-refractivity contribution in [3.8, 4) is 0 Å². The fourth-order valence-electron chi connectivity index (χ4n) is 2.29. The average molecular weight is 330 g/mol. The molecule has 4 N–H and O–H groups in total. The lowest BCUT2D eigenvalue weighted by Crippen LogP contribution is -2.48. The molecule has 0 atom stereocenters. The van der Waals surface area contributed by atoms with E-state index >= 15 is 0 Å². The first-order valence-corrected chi connectivity index (χ1v) is 8.24. The predicted molar refractivity (Wildman–Crippen MR) is 97.8 cm³/mol. The number of nitrogens with zero attached hydrogens (tertiary/aromatic N) is 2. The van der Waals surface area contributed by atoms with Gasteiger partial charge < -0.3 is 0 Å². The Morgan fingerprint density at radius 1 is 1.30 bits per heavy atom. The van der Waals surface area contributed by atoms with E-state index in [1.165, 1.54) is 12.6 Å². The molecule has 2 rings (SSSR count). The second-order valence-corrected chi connectivity index (χ2v) is 6.27. The molecule has 2 amide bonds. The Labute approximate surface area is 140 Å². The van der Waals surface area contributed by atoms with E-state index in [4.69, 9.17) is 11.7 Å². The third kappa shape index (κ3) is 3.98. The number of hydrogen-bond acceptors (Lipinski definition) is 4. The highest BCUT2D eigenvalue weighted by Crippen LogP contribution is 2.27.